The molecule has 5 nitrogen and oxygen atoms in total. The zero-order chi connectivity index (χ0) is 20.4. The first kappa shape index (κ1) is 20.2. The number of anilines is 1. The number of thiophene rings is 1. The van der Waals surface area contributed by atoms with E-state index in [-0.39, 0.29) is 5.91 Å². The number of rotatable bonds is 5. The van der Waals surface area contributed by atoms with Crippen LogP contribution >= 0.6 is 22.7 Å². The molecule has 0 saturated carbocycles. The predicted molar refractivity (Wildman–Crippen MR) is 114 cm³/mol. The lowest BCUT2D eigenvalue weighted by Crippen LogP contribution is -2.30. The third kappa shape index (κ3) is 4.31. The highest BCUT2D eigenvalue weighted by molar-refractivity contribution is 7.22. The van der Waals surface area contributed by atoms with E-state index in [4.69, 9.17) is 4.74 Å². The van der Waals surface area contributed by atoms with Gasteiger partial charge >= 0.3 is 5.97 Å². The molecule has 1 amide bonds. The molecule has 1 atom stereocenters. The Hall–Kier alpha value is -2.51. The monoisotopic (exact) mass is 414 g/mol. The first-order valence-electron chi connectivity index (χ1n) is 8.87. The third-order valence-electron chi connectivity index (χ3n) is 4.29. The van der Waals surface area contributed by atoms with Gasteiger partial charge in [0.25, 0.3) is 5.91 Å². The molecule has 1 aromatic carbocycles. The minimum Gasteiger partial charge on any atom is -0.448 e. The van der Waals surface area contributed by atoms with Gasteiger partial charge in [-0.15, -0.1) is 22.7 Å². The molecule has 0 fully saturated rings. The molecule has 1 unspecified atom stereocenters. The minimum absolute atomic E-state index is 0.357. The third-order valence-corrected chi connectivity index (χ3v) is 6.47. The van der Waals surface area contributed by atoms with Crippen LogP contribution in [0.4, 0.5) is 5.69 Å². The molecule has 28 heavy (non-hydrogen) atoms. The number of amides is 1. The van der Waals surface area contributed by atoms with Crippen molar-refractivity contribution >= 4 is 40.2 Å². The number of carbonyl (C=O) groups excluding carboxylic acids is 2. The van der Waals surface area contributed by atoms with Crippen LogP contribution in [0.15, 0.2) is 29.6 Å². The number of hydrogen-bond acceptors (Lipinski definition) is 6. The zero-order valence-electron chi connectivity index (χ0n) is 16.5. The number of benzene rings is 1. The van der Waals surface area contributed by atoms with Crippen molar-refractivity contribution in [1.29, 1.82) is 0 Å². The molecular weight excluding hydrogens is 392 g/mol. The van der Waals surface area contributed by atoms with Crippen LogP contribution in [-0.2, 0) is 9.53 Å². The quantitative estimate of drug-likeness (QED) is 0.576. The number of nitrogens with zero attached hydrogens (tertiary/aromatic N) is 1. The van der Waals surface area contributed by atoms with Crippen molar-refractivity contribution < 1.29 is 14.3 Å². The molecule has 3 rings (SSSR count). The van der Waals surface area contributed by atoms with Gasteiger partial charge in [-0.05, 0) is 57.2 Å². The average molecular weight is 415 g/mol. The number of ether oxygens (including phenoxy) is 1. The summed E-state index contributed by atoms with van der Waals surface area (Å²) in [5.74, 6) is -0.887. The molecule has 0 spiro atoms. The van der Waals surface area contributed by atoms with Gasteiger partial charge in [-0.1, -0.05) is 23.8 Å². The standard InChI is InChI=1S/C21H22N2O3S2/c1-11-9-12(2)17(13(3)10-11)23-19(24)15(5)26-21(25)18-14(4)22-20(28-18)16-7-6-8-27-16/h6-10,15H,1-5H3,(H,23,24). The Morgan fingerprint density at radius 2 is 1.82 bits per heavy atom. The van der Waals surface area contributed by atoms with Crippen molar-refractivity contribution in [1.82, 2.24) is 4.98 Å². The smallest absolute Gasteiger partial charge is 0.351 e. The fourth-order valence-electron chi connectivity index (χ4n) is 2.96. The second-order valence-electron chi connectivity index (χ2n) is 6.72. The summed E-state index contributed by atoms with van der Waals surface area (Å²) in [5.41, 5.74) is 4.45. The van der Waals surface area contributed by atoms with Gasteiger partial charge in [0.2, 0.25) is 0 Å². The average Bonchev–Trinajstić information content (AvgIpc) is 3.27. The summed E-state index contributed by atoms with van der Waals surface area (Å²) in [6, 6.07) is 7.91. The second-order valence-corrected chi connectivity index (χ2v) is 8.67. The van der Waals surface area contributed by atoms with Crippen LogP contribution < -0.4 is 5.32 Å². The molecule has 3 aromatic rings. The van der Waals surface area contributed by atoms with E-state index in [1.165, 1.54) is 11.3 Å². The molecule has 1 N–H and O–H groups in total. The minimum atomic E-state index is -0.917. The molecule has 2 heterocycles. The number of nitrogens with one attached hydrogen (secondary N) is 1. The van der Waals surface area contributed by atoms with E-state index in [0.29, 0.717) is 10.6 Å². The topological polar surface area (TPSA) is 68.3 Å². The highest BCUT2D eigenvalue weighted by Gasteiger charge is 2.24. The number of esters is 1. The summed E-state index contributed by atoms with van der Waals surface area (Å²) in [5, 5.41) is 5.62. The fourth-order valence-corrected chi connectivity index (χ4v) is 4.71. The second kappa shape index (κ2) is 8.24. The molecule has 7 heteroatoms. The van der Waals surface area contributed by atoms with Crippen molar-refractivity contribution in [3.8, 4) is 9.88 Å². The Morgan fingerprint density at radius 3 is 2.43 bits per heavy atom. The van der Waals surface area contributed by atoms with E-state index >= 15 is 0 Å². The number of thiazole rings is 1. The predicted octanol–water partition coefficient (Wildman–Crippen LogP) is 5.29. The number of hydrogen-bond donors (Lipinski definition) is 1. The van der Waals surface area contributed by atoms with Crippen molar-refractivity contribution in [2.45, 2.75) is 40.7 Å². The van der Waals surface area contributed by atoms with E-state index in [2.05, 4.69) is 10.3 Å². The van der Waals surface area contributed by atoms with Crippen LogP contribution in [0.2, 0.25) is 0 Å². The number of aromatic nitrogens is 1. The van der Waals surface area contributed by atoms with Gasteiger partial charge in [-0.3, -0.25) is 4.79 Å². The van der Waals surface area contributed by atoms with E-state index in [1.54, 1.807) is 25.2 Å². The highest BCUT2D eigenvalue weighted by Crippen LogP contribution is 2.31. The molecular formula is C21H22N2O3S2. The van der Waals surface area contributed by atoms with Crippen LogP contribution in [0.5, 0.6) is 0 Å². The highest BCUT2D eigenvalue weighted by atomic mass is 32.1. The first-order chi connectivity index (χ1) is 13.3. The summed E-state index contributed by atoms with van der Waals surface area (Å²) in [4.78, 5) is 31.0. The van der Waals surface area contributed by atoms with Gasteiger partial charge in [0, 0.05) is 5.69 Å². The fraction of sp³-hybridized carbons (Fsp3) is 0.286. The van der Waals surface area contributed by atoms with Gasteiger partial charge in [0.15, 0.2) is 6.10 Å². The maximum absolute atomic E-state index is 12.6. The maximum Gasteiger partial charge on any atom is 0.351 e. The van der Waals surface area contributed by atoms with E-state index < -0.39 is 12.1 Å². The summed E-state index contributed by atoms with van der Waals surface area (Å²) < 4.78 is 5.41. The molecule has 0 saturated heterocycles. The Morgan fingerprint density at radius 1 is 1.14 bits per heavy atom. The van der Waals surface area contributed by atoms with Gasteiger partial charge in [-0.25, -0.2) is 9.78 Å². The summed E-state index contributed by atoms with van der Waals surface area (Å²) in [6.07, 6.45) is -0.917. The van der Waals surface area contributed by atoms with E-state index in [9.17, 15) is 9.59 Å². The summed E-state index contributed by atoms with van der Waals surface area (Å²) in [7, 11) is 0. The van der Waals surface area contributed by atoms with Crippen molar-refractivity contribution in [3.63, 3.8) is 0 Å². The van der Waals surface area contributed by atoms with Crippen molar-refractivity contribution in [2.75, 3.05) is 5.32 Å². The van der Waals surface area contributed by atoms with Crippen LogP contribution in [0.3, 0.4) is 0 Å². The van der Waals surface area contributed by atoms with Gasteiger partial charge < -0.3 is 10.1 Å². The zero-order valence-corrected chi connectivity index (χ0v) is 18.1. The van der Waals surface area contributed by atoms with Crippen molar-refractivity contribution in [2.24, 2.45) is 0 Å². The normalized spacial score (nSPS) is 11.9. The van der Waals surface area contributed by atoms with Crippen LogP contribution in [0.25, 0.3) is 9.88 Å². The molecule has 0 radical (unpaired) electrons. The molecule has 2 aromatic heterocycles. The van der Waals surface area contributed by atoms with E-state index in [0.717, 1.165) is 32.3 Å². The Bertz CT molecular complexity index is 999. The van der Waals surface area contributed by atoms with Gasteiger partial charge in [-0.2, -0.15) is 0 Å². The van der Waals surface area contributed by atoms with E-state index in [1.807, 2.05) is 50.4 Å². The Labute approximate surface area is 172 Å². The molecule has 146 valence electrons. The van der Waals surface area contributed by atoms with Crippen LogP contribution in [-0.4, -0.2) is 23.0 Å². The SMILES string of the molecule is Cc1cc(C)c(NC(=O)C(C)OC(=O)c2sc(-c3cccs3)nc2C)c(C)c1. The lowest BCUT2D eigenvalue weighted by molar-refractivity contribution is -0.123. The summed E-state index contributed by atoms with van der Waals surface area (Å²) >= 11 is 2.85. The maximum atomic E-state index is 12.6. The molecule has 0 aliphatic carbocycles. The largest absolute Gasteiger partial charge is 0.448 e. The summed E-state index contributed by atoms with van der Waals surface area (Å²) in [6.45, 7) is 9.24. The van der Waals surface area contributed by atoms with Crippen molar-refractivity contribution in [3.05, 3.63) is 56.9 Å². The lowest BCUT2D eigenvalue weighted by Gasteiger charge is -2.16. The number of aryl methyl sites for hydroxylation is 4. The van der Waals surface area contributed by atoms with Gasteiger partial charge in [0.05, 0.1) is 10.6 Å². The Kier molecular flexibility index (Phi) is 5.96. The molecule has 0 aliphatic heterocycles. The van der Waals surface area contributed by atoms with Crippen LogP contribution in [0, 0.1) is 27.7 Å². The van der Waals surface area contributed by atoms with Gasteiger partial charge in [0.1, 0.15) is 9.88 Å². The Balaban J connectivity index is 1.70. The van der Waals surface area contributed by atoms with Crippen LogP contribution in [0.1, 0.15) is 39.0 Å². The lowest BCUT2D eigenvalue weighted by atomic mass is 10.0. The molecule has 0 aliphatic rings. The first-order valence-corrected chi connectivity index (χ1v) is 10.6. The molecule has 0 bridgehead atoms. The number of carbonyl (C=O) groups is 2.